The molecule has 2 rings (SSSR count). The van der Waals surface area contributed by atoms with Crippen molar-refractivity contribution in [2.75, 3.05) is 13.2 Å². The van der Waals surface area contributed by atoms with Crippen LogP contribution in [0.2, 0.25) is 0 Å². The number of nitrogens with two attached hydrogens (primary N) is 1. The molecule has 4 N–H and O–H groups in total. The maximum absolute atomic E-state index is 11.9. The van der Waals surface area contributed by atoms with Gasteiger partial charge in [0.15, 0.2) is 0 Å². The topological polar surface area (TPSA) is 75.3 Å². The van der Waals surface area contributed by atoms with Gasteiger partial charge in [0.1, 0.15) is 0 Å². The summed E-state index contributed by atoms with van der Waals surface area (Å²) in [5.41, 5.74) is 9.46. The first-order valence-electron chi connectivity index (χ1n) is 8.66. The van der Waals surface area contributed by atoms with Crippen LogP contribution in [0.4, 0.5) is 0 Å². The van der Waals surface area contributed by atoms with Gasteiger partial charge < -0.3 is 16.2 Å². The summed E-state index contributed by atoms with van der Waals surface area (Å²) in [5, 5.41) is 12.4. The number of hydrogen-bond acceptors (Lipinski definition) is 3. The van der Waals surface area contributed by atoms with Gasteiger partial charge in [-0.15, -0.1) is 0 Å². The van der Waals surface area contributed by atoms with Crippen LogP contribution in [0.3, 0.4) is 0 Å². The van der Waals surface area contributed by atoms with E-state index in [1.165, 1.54) is 5.57 Å². The normalized spacial score (nSPS) is 17.5. The minimum Gasteiger partial charge on any atom is -0.395 e. The molecule has 4 nitrogen and oxygen atoms in total. The lowest BCUT2D eigenvalue weighted by Gasteiger charge is -2.31. The molecule has 0 fully saturated rings. The molecule has 0 atom stereocenters. The van der Waals surface area contributed by atoms with Crippen molar-refractivity contribution in [1.82, 2.24) is 5.32 Å². The lowest BCUT2D eigenvalue weighted by atomic mass is 9.76. The number of primary amides is 1. The van der Waals surface area contributed by atoms with Crippen molar-refractivity contribution in [2.24, 2.45) is 11.1 Å². The van der Waals surface area contributed by atoms with Crippen molar-refractivity contribution in [3.8, 4) is 0 Å². The van der Waals surface area contributed by atoms with Gasteiger partial charge in [0, 0.05) is 17.6 Å². The predicted molar refractivity (Wildman–Crippen MR) is 98.7 cm³/mol. The third kappa shape index (κ3) is 4.25. The number of carbonyl (C=O) groups excluding carboxylic acids is 1. The smallest absolute Gasteiger partial charge is 0.249 e. The Morgan fingerprint density at radius 3 is 2.62 bits per heavy atom. The van der Waals surface area contributed by atoms with Gasteiger partial charge in [-0.1, -0.05) is 26.0 Å². The van der Waals surface area contributed by atoms with Gasteiger partial charge in [-0.25, -0.2) is 0 Å². The van der Waals surface area contributed by atoms with Crippen molar-refractivity contribution in [2.45, 2.75) is 52.5 Å². The summed E-state index contributed by atoms with van der Waals surface area (Å²) in [4.78, 5) is 11.9. The van der Waals surface area contributed by atoms with Crippen molar-refractivity contribution in [3.05, 3.63) is 41.0 Å². The maximum atomic E-state index is 11.9. The van der Waals surface area contributed by atoms with Crippen molar-refractivity contribution < 1.29 is 9.90 Å². The largest absolute Gasteiger partial charge is 0.395 e. The zero-order valence-corrected chi connectivity index (χ0v) is 15.3. The minimum atomic E-state index is -0.386. The number of benzene rings is 1. The molecule has 1 amide bonds. The summed E-state index contributed by atoms with van der Waals surface area (Å²) in [6, 6.07) is 5.85. The summed E-state index contributed by atoms with van der Waals surface area (Å²) in [6.45, 7) is 9.31. The fourth-order valence-corrected chi connectivity index (χ4v) is 3.21. The second-order valence-electron chi connectivity index (χ2n) is 8.00. The Morgan fingerprint density at radius 2 is 2.08 bits per heavy atom. The van der Waals surface area contributed by atoms with Crippen LogP contribution in [0.15, 0.2) is 24.3 Å². The summed E-state index contributed by atoms with van der Waals surface area (Å²) in [5.74, 6) is -0.386. The second kappa shape index (κ2) is 7.08. The van der Waals surface area contributed by atoms with Gasteiger partial charge >= 0.3 is 0 Å². The molecule has 0 aliphatic heterocycles. The minimum absolute atomic E-state index is 0.0931. The molecule has 1 aromatic rings. The van der Waals surface area contributed by atoms with E-state index in [0.717, 1.165) is 30.4 Å². The first kappa shape index (κ1) is 18.7. The number of nitrogens with one attached hydrogen (secondary N) is 1. The Hall–Kier alpha value is -1.65. The van der Waals surface area contributed by atoms with E-state index in [0.29, 0.717) is 17.5 Å². The zero-order valence-electron chi connectivity index (χ0n) is 15.3. The highest BCUT2D eigenvalue weighted by Crippen LogP contribution is 2.39. The van der Waals surface area contributed by atoms with Gasteiger partial charge in [-0.3, -0.25) is 4.79 Å². The fourth-order valence-electron chi connectivity index (χ4n) is 3.21. The van der Waals surface area contributed by atoms with E-state index in [2.05, 4.69) is 45.2 Å². The second-order valence-corrected chi connectivity index (χ2v) is 8.00. The molecule has 0 spiro atoms. The number of rotatable bonds is 6. The summed E-state index contributed by atoms with van der Waals surface area (Å²) in [6.07, 6.45) is 5.33. The van der Waals surface area contributed by atoms with Crippen LogP contribution < -0.4 is 11.1 Å². The third-order valence-electron chi connectivity index (χ3n) is 5.00. The molecule has 0 saturated carbocycles. The monoisotopic (exact) mass is 330 g/mol. The molecule has 0 heterocycles. The number of aliphatic hydroxyl groups excluding tert-OH is 1. The van der Waals surface area contributed by atoms with E-state index in [9.17, 15) is 4.79 Å². The highest BCUT2D eigenvalue weighted by molar-refractivity contribution is 5.98. The van der Waals surface area contributed by atoms with Gasteiger partial charge in [0.2, 0.25) is 5.91 Å². The molecule has 0 unspecified atom stereocenters. The van der Waals surface area contributed by atoms with Crippen LogP contribution in [0.1, 0.15) is 68.4 Å². The first-order chi connectivity index (χ1) is 11.2. The molecule has 0 radical (unpaired) electrons. The van der Waals surface area contributed by atoms with E-state index in [1.807, 2.05) is 12.1 Å². The Morgan fingerprint density at radius 1 is 1.38 bits per heavy atom. The number of carbonyl (C=O) groups is 1. The number of aliphatic hydroxyl groups is 1. The van der Waals surface area contributed by atoms with E-state index in [4.69, 9.17) is 10.8 Å². The Labute approximate surface area is 145 Å². The van der Waals surface area contributed by atoms with Crippen LogP contribution >= 0.6 is 0 Å². The van der Waals surface area contributed by atoms with Crippen molar-refractivity contribution >= 4 is 11.5 Å². The number of allylic oxidation sites excluding steroid dienone is 2. The molecule has 1 aliphatic rings. The fraction of sp³-hybridized carbons (Fsp3) is 0.550. The Kier molecular flexibility index (Phi) is 5.51. The summed E-state index contributed by atoms with van der Waals surface area (Å²) >= 11 is 0. The average Bonchev–Trinajstić information content (AvgIpc) is 2.52. The summed E-state index contributed by atoms with van der Waals surface area (Å²) in [7, 11) is 0. The lowest BCUT2D eigenvalue weighted by molar-refractivity contribution is 0.1000. The van der Waals surface area contributed by atoms with E-state index in [1.54, 1.807) is 0 Å². The molecular weight excluding hydrogens is 300 g/mol. The van der Waals surface area contributed by atoms with Crippen molar-refractivity contribution in [1.29, 1.82) is 0 Å². The Bertz CT molecular complexity index is 645. The molecule has 0 aromatic heterocycles. The SMILES string of the molecule is CC1(C)CC=C(c2cc(C(C)(C)NCCO)ccc2C(N)=O)CC1. The van der Waals surface area contributed by atoms with Gasteiger partial charge in [-0.05, 0) is 67.4 Å². The van der Waals surface area contributed by atoms with E-state index < -0.39 is 0 Å². The molecule has 0 bridgehead atoms. The van der Waals surface area contributed by atoms with Gasteiger partial charge in [0.25, 0.3) is 0 Å². The van der Waals surface area contributed by atoms with Crippen LogP contribution in [0, 0.1) is 5.41 Å². The molecule has 4 heteroatoms. The van der Waals surface area contributed by atoms with E-state index in [-0.39, 0.29) is 18.1 Å². The molecular formula is C20H30N2O2. The van der Waals surface area contributed by atoms with Crippen molar-refractivity contribution in [3.63, 3.8) is 0 Å². The van der Waals surface area contributed by atoms with E-state index >= 15 is 0 Å². The molecule has 1 aliphatic carbocycles. The average molecular weight is 330 g/mol. The van der Waals surface area contributed by atoms with Crippen LogP contribution in [-0.4, -0.2) is 24.2 Å². The van der Waals surface area contributed by atoms with Crippen LogP contribution in [0.5, 0.6) is 0 Å². The third-order valence-corrected chi connectivity index (χ3v) is 5.00. The van der Waals surface area contributed by atoms with Gasteiger partial charge in [-0.2, -0.15) is 0 Å². The number of amides is 1. The lowest BCUT2D eigenvalue weighted by Crippen LogP contribution is -2.38. The van der Waals surface area contributed by atoms with Crippen LogP contribution in [-0.2, 0) is 5.54 Å². The molecule has 1 aromatic carbocycles. The highest BCUT2D eigenvalue weighted by Gasteiger charge is 2.26. The Balaban J connectivity index is 2.43. The summed E-state index contributed by atoms with van der Waals surface area (Å²) < 4.78 is 0. The standard InChI is InChI=1S/C20H30N2O2/c1-19(2)9-7-14(8-10-19)17-13-15(5-6-16(17)18(21)24)20(3,4)22-11-12-23/h5-7,13,22-23H,8-12H2,1-4H3,(H2,21,24). The molecule has 24 heavy (non-hydrogen) atoms. The first-order valence-corrected chi connectivity index (χ1v) is 8.66. The number of hydrogen-bond donors (Lipinski definition) is 3. The predicted octanol–water partition coefficient (Wildman–Crippen LogP) is 3.20. The quantitative estimate of drug-likeness (QED) is 0.750. The zero-order chi connectivity index (χ0) is 18.0. The highest BCUT2D eigenvalue weighted by atomic mass is 16.3. The van der Waals surface area contributed by atoms with Crippen LogP contribution in [0.25, 0.3) is 5.57 Å². The molecule has 132 valence electrons. The molecule has 0 saturated heterocycles. The maximum Gasteiger partial charge on any atom is 0.249 e. The van der Waals surface area contributed by atoms with Gasteiger partial charge in [0.05, 0.1) is 6.61 Å².